The number of benzene rings is 4. The van der Waals surface area contributed by atoms with E-state index >= 15 is 0 Å². The van der Waals surface area contributed by atoms with Crippen molar-refractivity contribution in [3.8, 4) is 23.7 Å². The fourth-order valence-electron chi connectivity index (χ4n) is 5.96. The summed E-state index contributed by atoms with van der Waals surface area (Å²) in [5.41, 5.74) is 9.89. The van der Waals surface area contributed by atoms with Gasteiger partial charge >= 0.3 is 11.9 Å². The second-order valence-corrected chi connectivity index (χ2v) is 10.5. The molecule has 4 heteroatoms. The van der Waals surface area contributed by atoms with Crippen LogP contribution in [0.2, 0.25) is 0 Å². The molecule has 0 saturated carbocycles. The summed E-state index contributed by atoms with van der Waals surface area (Å²) < 4.78 is 10.5. The standard InChI is InChI=1S/C38H28O4/c1-23-9-13-25(14-10-23)17-19-27-21-22-28(20-18-26-15-11-24(2)12-16-26)32-31(27)33-29-7-5-6-8-30(29)34(32)36(38(40)42-4)35(33)37(39)41-3/h5-16,21-22,33-34H,1-4H3. The third-order valence-corrected chi connectivity index (χ3v) is 7.95. The van der Waals surface area contributed by atoms with Gasteiger partial charge in [0.1, 0.15) is 0 Å². The summed E-state index contributed by atoms with van der Waals surface area (Å²) in [4.78, 5) is 26.8. The predicted octanol–water partition coefficient (Wildman–Crippen LogP) is 6.34. The lowest BCUT2D eigenvalue weighted by Gasteiger charge is -2.42. The van der Waals surface area contributed by atoms with Gasteiger partial charge in [-0.05, 0) is 72.5 Å². The van der Waals surface area contributed by atoms with Gasteiger partial charge in [-0.25, -0.2) is 9.59 Å². The van der Waals surface area contributed by atoms with Gasteiger partial charge in [-0.1, -0.05) is 83.3 Å². The predicted molar refractivity (Wildman–Crippen MR) is 162 cm³/mol. The van der Waals surface area contributed by atoms with Crippen molar-refractivity contribution in [2.24, 2.45) is 0 Å². The van der Waals surface area contributed by atoms with Crippen LogP contribution in [-0.2, 0) is 19.1 Å². The average molecular weight is 549 g/mol. The first kappa shape index (κ1) is 26.9. The van der Waals surface area contributed by atoms with E-state index in [2.05, 4.69) is 23.7 Å². The van der Waals surface area contributed by atoms with Crippen molar-refractivity contribution in [3.63, 3.8) is 0 Å². The summed E-state index contributed by atoms with van der Waals surface area (Å²) in [6, 6.07) is 27.9. The molecule has 7 rings (SSSR count). The molecule has 204 valence electrons. The molecule has 0 spiro atoms. The van der Waals surface area contributed by atoms with Crippen LogP contribution in [0.5, 0.6) is 0 Å². The largest absolute Gasteiger partial charge is 0.466 e. The number of esters is 2. The molecule has 4 aromatic rings. The highest BCUT2D eigenvalue weighted by molar-refractivity contribution is 6.06. The molecule has 2 bridgehead atoms. The number of hydrogen-bond acceptors (Lipinski definition) is 4. The van der Waals surface area contributed by atoms with Gasteiger partial charge in [0.15, 0.2) is 0 Å². The van der Waals surface area contributed by atoms with E-state index in [1.807, 2.05) is 98.8 Å². The fraction of sp³-hybridized carbons (Fsp3) is 0.158. The molecular formula is C38H28O4. The second-order valence-electron chi connectivity index (χ2n) is 10.5. The van der Waals surface area contributed by atoms with Crippen LogP contribution < -0.4 is 0 Å². The van der Waals surface area contributed by atoms with Gasteiger partial charge in [0.2, 0.25) is 0 Å². The zero-order chi connectivity index (χ0) is 29.4. The number of carbonyl (C=O) groups is 2. The first-order valence-corrected chi connectivity index (χ1v) is 13.7. The van der Waals surface area contributed by atoms with Crippen LogP contribution in [0.3, 0.4) is 0 Å². The first-order chi connectivity index (χ1) is 20.4. The maximum atomic E-state index is 13.4. The topological polar surface area (TPSA) is 52.6 Å². The molecule has 2 atom stereocenters. The molecule has 0 fully saturated rings. The summed E-state index contributed by atoms with van der Waals surface area (Å²) >= 11 is 0. The van der Waals surface area contributed by atoms with Crippen molar-refractivity contribution in [2.75, 3.05) is 14.2 Å². The van der Waals surface area contributed by atoms with Crippen LogP contribution in [-0.4, -0.2) is 26.2 Å². The van der Waals surface area contributed by atoms with Gasteiger partial charge in [0.25, 0.3) is 0 Å². The van der Waals surface area contributed by atoms with Gasteiger partial charge < -0.3 is 9.47 Å². The Kier molecular flexibility index (Phi) is 6.99. The van der Waals surface area contributed by atoms with Crippen molar-refractivity contribution in [1.29, 1.82) is 0 Å². The normalized spacial score (nSPS) is 15.8. The van der Waals surface area contributed by atoms with E-state index in [0.717, 1.165) is 55.6 Å². The summed E-state index contributed by atoms with van der Waals surface area (Å²) in [6.45, 7) is 4.08. The monoisotopic (exact) mass is 548 g/mol. The minimum absolute atomic E-state index is 0.294. The van der Waals surface area contributed by atoms with Crippen LogP contribution in [0.15, 0.2) is 96.1 Å². The molecule has 0 aromatic heterocycles. The molecule has 0 saturated heterocycles. The first-order valence-electron chi connectivity index (χ1n) is 13.7. The highest BCUT2D eigenvalue weighted by atomic mass is 16.5. The number of ether oxygens (including phenoxy) is 2. The summed E-state index contributed by atoms with van der Waals surface area (Å²) in [7, 11) is 2.67. The Labute approximate surface area is 246 Å². The van der Waals surface area contributed by atoms with E-state index in [1.54, 1.807) is 0 Å². The van der Waals surface area contributed by atoms with Crippen LogP contribution in [0.4, 0.5) is 0 Å². The minimum Gasteiger partial charge on any atom is -0.466 e. The fourth-order valence-corrected chi connectivity index (χ4v) is 5.96. The third-order valence-electron chi connectivity index (χ3n) is 7.95. The number of hydrogen-bond donors (Lipinski definition) is 0. The molecule has 4 aromatic carbocycles. The van der Waals surface area contributed by atoms with Crippen molar-refractivity contribution < 1.29 is 19.1 Å². The third kappa shape index (κ3) is 4.58. The quantitative estimate of drug-likeness (QED) is 0.217. The molecule has 3 aliphatic rings. The molecule has 0 aliphatic heterocycles. The maximum Gasteiger partial charge on any atom is 0.335 e. The maximum absolute atomic E-state index is 13.4. The Bertz CT molecular complexity index is 1760. The summed E-state index contributed by atoms with van der Waals surface area (Å²) in [5.74, 6) is 11.1. The molecule has 0 amide bonds. The lowest BCUT2D eigenvalue weighted by atomic mass is 9.59. The van der Waals surface area contributed by atoms with Gasteiger partial charge in [0, 0.05) is 34.1 Å². The Morgan fingerprint density at radius 3 is 1.29 bits per heavy atom. The smallest absolute Gasteiger partial charge is 0.335 e. The molecule has 0 radical (unpaired) electrons. The molecular weight excluding hydrogens is 520 g/mol. The van der Waals surface area contributed by atoms with E-state index in [9.17, 15) is 9.59 Å². The second kappa shape index (κ2) is 10.9. The van der Waals surface area contributed by atoms with Crippen molar-refractivity contribution in [1.82, 2.24) is 0 Å². The Morgan fingerprint density at radius 1 is 0.548 bits per heavy atom. The van der Waals surface area contributed by atoms with E-state index in [0.29, 0.717) is 11.1 Å². The molecule has 3 aliphatic carbocycles. The summed E-state index contributed by atoms with van der Waals surface area (Å²) in [6.07, 6.45) is 0. The molecule has 0 heterocycles. The Morgan fingerprint density at radius 2 is 0.929 bits per heavy atom. The van der Waals surface area contributed by atoms with Crippen LogP contribution in [0, 0.1) is 37.5 Å². The van der Waals surface area contributed by atoms with Gasteiger partial charge in [0.05, 0.1) is 25.4 Å². The zero-order valence-electron chi connectivity index (χ0n) is 23.9. The van der Waals surface area contributed by atoms with Gasteiger partial charge in [-0.2, -0.15) is 0 Å². The average Bonchev–Trinajstić information content (AvgIpc) is 3.03. The number of carbonyl (C=O) groups excluding carboxylic acids is 2. The Balaban J connectivity index is 1.64. The zero-order valence-corrected chi connectivity index (χ0v) is 23.9. The van der Waals surface area contributed by atoms with E-state index in [1.165, 1.54) is 14.2 Å². The molecule has 42 heavy (non-hydrogen) atoms. The molecule has 2 unspecified atom stereocenters. The van der Waals surface area contributed by atoms with E-state index in [-0.39, 0.29) is 0 Å². The molecule has 0 N–H and O–H groups in total. The van der Waals surface area contributed by atoms with Crippen LogP contribution in [0.1, 0.15) is 67.5 Å². The molecule has 4 nitrogen and oxygen atoms in total. The Hall–Kier alpha value is -5.32. The highest BCUT2D eigenvalue weighted by Gasteiger charge is 2.50. The van der Waals surface area contributed by atoms with Gasteiger partial charge in [-0.15, -0.1) is 0 Å². The number of rotatable bonds is 2. The van der Waals surface area contributed by atoms with Crippen molar-refractivity contribution in [3.05, 3.63) is 152 Å². The highest BCUT2D eigenvalue weighted by Crippen LogP contribution is 2.57. The summed E-state index contributed by atoms with van der Waals surface area (Å²) in [5, 5.41) is 0. The SMILES string of the molecule is COC(=O)C1=C(C(=O)OC)C2c3ccccc3C1c1c(C#Cc3ccc(C)cc3)ccc(C#Cc3ccc(C)cc3)c12. The van der Waals surface area contributed by atoms with Crippen molar-refractivity contribution >= 4 is 11.9 Å². The van der Waals surface area contributed by atoms with Crippen molar-refractivity contribution in [2.45, 2.75) is 25.7 Å². The van der Waals surface area contributed by atoms with Crippen LogP contribution >= 0.6 is 0 Å². The lowest BCUT2D eigenvalue weighted by molar-refractivity contribution is -0.140. The minimum atomic E-state index is -0.564. The number of methoxy groups -OCH3 is 2. The van der Waals surface area contributed by atoms with E-state index < -0.39 is 23.8 Å². The van der Waals surface area contributed by atoms with Gasteiger partial charge in [-0.3, -0.25) is 0 Å². The lowest BCUT2D eigenvalue weighted by Crippen LogP contribution is -2.36. The number of aryl methyl sites for hydroxylation is 2. The van der Waals surface area contributed by atoms with E-state index in [4.69, 9.17) is 9.47 Å². The van der Waals surface area contributed by atoms with Crippen LogP contribution in [0.25, 0.3) is 0 Å².